The highest BCUT2D eigenvalue weighted by Gasteiger charge is 2.09. The maximum atomic E-state index is 5.85. The Kier molecular flexibility index (Phi) is 3.47. The molecule has 0 radical (unpaired) electrons. The third kappa shape index (κ3) is 2.72. The molecule has 1 aromatic carbocycles. The maximum absolute atomic E-state index is 5.85. The molecule has 0 aliphatic rings. The van der Waals surface area contributed by atoms with Gasteiger partial charge in [-0.15, -0.1) is 0 Å². The van der Waals surface area contributed by atoms with E-state index in [0.717, 1.165) is 22.2 Å². The topological polar surface area (TPSA) is 118 Å². The lowest BCUT2D eigenvalue weighted by molar-refractivity contribution is 0.942. The molecular formula is C16H14N8. The molecule has 0 spiro atoms. The van der Waals surface area contributed by atoms with Crippen molar-refractivity contribution >= 4 is 22.7 Å². The summed E-state index contributed by atoms with van der Waals surface area (Å²) in [7, 11) is 0. The zero-order valence-electron chi connectivity index (χ0n) is 12.6. The summed E-state index contributed by atoms with van der Waals surface area (Å²) in [5.41, 5.74) is 8.50. The molecule has 0 aliphatic carbocycles. The number of aromatic nitrogens is 6. The maximum Gasteiger partial charge on any atom is 0.222 e. The van der Waals surface area contributed by atoms with E-state index in [4.69, 9.17) is 5.73 Å². The zero-order valence-corrected chi connectivity index (χ0v) is 12.6. The third-order valence-corrected chi connectivity index (χ3v) is 3.56. The van der Waals surface area contributed by atoms with Crippen molar-refractivity contribution in [2.24, 2.45) is 0 Å². The van der Waals surface area contributed by atoms with Crippen molar-refractivity contribution < 1.29 is 0 Å². The molecule has 4 rings (SSSR count). The highest BCUT2D eigenvalue weighted by molar-refractivity contribution is 5.92. The number of anilines is 2. The van der Waals surface area contributed by atoms with Gasteiger partial charge in [0.2, 0.25) is 5.95 Å². The highest BCUT2D eigenvalue weighted by Crippen LogP contribution is 2.26. The SMILES string of the molecule is Nc1nc(NCc2ncccn2)c2ccc(-c3ccn[nH]3)cc2n1. The fraction of sp³-hybridized carbons (Fsp3) is 0.0625. The third-order valence-electron chi connectivity index (χ3n) is 3.56. The molecule has 8 heteroatoms. The van der Waals surface area contributed by atoms with E-state index in [9.17, 15) is 0 Å². The van der Waals surface area contributed by atoms with E-state index in [1.165, 1.54) is 0 Å². The van der Waals surface area contributed by atoms with E-state index in [1.807, 2.05) is 24.3 Å². The Morgan fingerprint density at radius 1 is 1.04 bits per heavy atom. The summed E-state index contributed by atoms with van der Waals surface area (Å²) in [5.74, 6) is 1.54. The van der Waals surface area contributed by atoms with Gasteiger partial charge in [-0.05, 0) is 24.3 Å². The van der Waals surface area contributed by atoms with Crippen molar-refractivity contribution in [1.29, 1.82) is 0 Å². The average molecular weight is 318 g/mol. The lowest BCUT2D eigenvalue weighted by atomic mass is 10.1. The van der Waals surface area contributed by atoms with E-state index in [2.05, 4.69) is 35.5 Å². The predicted molar refractivity (Wildman–Crippen MR) is 90.9 cm³/mol. The fourth-order valence-corrected chi connectivity index (χ4v) is 2.45. The molecule has 8 nitrogen and oxygen atoms in total. The first-order valence-electron chi connectivity index (χ1n) is 7.36. The lowest BCUT2D eigenvalue weighted by Gasteiger charge is -2.09. The Morgan fingerprint density at radius 3 is 2.71 bits per heavy atom. The van der Waals surface area contributed by atoms with Gasteiger partial charge >= 0.3 is 0 Å². The fourth-order valence-electron chi connectivity index (χ4n) is 2.45. The molecule has 0 bridgehead atoms. The van der Waals surface area contributed by atoms with E-state index >= 15 is 0 Å². The van der Waals surface area contributed by atoms with E-state index in [1.54, 1.807) is 24.7 Å². The normalized spacial score (nSPS) is 10.8. The van der Waals surface area contributed by atoms with Crippen LogP contribution in [-0.2, 0) is 6.54 Å². The van der Waals surface area contributed by atoms with Gasteiger partial charge in [-0.2, -0.15) is 10.1 Å². The Labute approximate surface area is 137 Å². The van der Waals surface area contributed by atoms with Crippen molar-refractivity contribution in [3.63, 3.8) is 0 Å². The molecule has 0 atom stereocenters. The number of aromatic amines is 1. The van der Waals surface area contributed by atoms with Gasteiger partial charge in [-0.25, -0.2) is 15.0 Å². The number of nitrogen functional groups attached to an aromatic ring is 1. The van der Waals surface area contributed by atoms with Gasteiger partial charge in [0.05, 0.1) is 17.8 Å². The van der Waals surface area contributed by atoms with Crippen LogP contribution in [0, 0.1) is 0 Å². The van der Waals surface area contributed by atoms with Crippen LogP contribution < -0.4 is 11.1 Å². The number of nitrogens with zero attached hydrogens (tertiary/aromatic N) is 5. The minimum Gasteiger partial charge on any atom is -0.368 e. The molecule has 3 heterocycles. The molecule has 0 saturated carbocycles. The minimum absolute atomic E-state index is 0.209. The van der Waals surface area contributed by atoms with Crippen LogP contribution in [0.1, 0.15) is 5.82 Å². The molecule has 4 aromatic rings. The monoisotopic (exact) mass is 318 g/mol. The summed E-state index contributed by atoms with van der Waals surface area (Å²) in [6.07, 6.45) is 5.11. The van der Waals surface area contributed by atoms with E-state index < -0.39 is 0 Å². The van der Waals surface area contributed by atoms with E-state index in [0.29, 0.717) is 18.2 Å². The van der Waals surface area contributed by atoms with E-state index in [-0.39, 0.29) is 5.95 Å². The molecule has 118 valence electrons. The summed E-state index contributed by atoms with van der Waals surface area (Å²) < 4.78 is 0. The van der Waals surface area contributed by atoms with Gasteiger partial charge in [0.25, 0.3) is 0 Å². The van der Waals surface area contributed by atoms with Crippen LogP contribution in [0.3, 0.4) is 0 Å². The first kappa shape index (κ1) is 14.1. The molecule has 3 aromatic heterocycles. The lowest BCUT2D eigenvalue weighted by Crippen LogP contribution is -2.07. The second-order valence-corrected chi connectivity index (χ2v) is 5.15. The van der Waals surface area contributed by atoms with Gasteiger partial charge in [0, 0.05) is 29.5 Å². The van der Waals surface area contributed by atoms with Gasteiger partial charge in [-0.3, -0.25) is 5.10 Å². The quantitative estimate of drug-likeness (QED) is 0.526. The summed E-state index contributed by atoms with van der Waals surface area (Å²) in [6.45, 7) is 0.453. The summed E-state index contributed by atoms with van der Waals surface area (Å²) in [4.78, 5) is 17.0. The molecule has 0 aliphatic heterocycles. The van der Waals surface area contributed by atoms with Gasteiger partial charge < -0.3 is 11.1 Å². The molecule has 24 heavy (non-hydrogen) atoms. The Hall–Kier alpha value is -3.55. The average Bonchev–Trinajstić information content (AvgIpc) is 3.14. The summed E-state index contributed by atoms with van der Waals surface area (Å²) in [6, 6.07) is 9.57. The Bertz CT molecular complexity index is 966. The van der Waals surface area contributed by atoms with Crippen LogP contribution >= 0.6 is 0 Å². The van der Waals surface area contributed by atoms with Gasteiger partial charge in [0.15, 0.2) is 0 Å². The number of hydrogen-bond donors (Lipinski definition) is 3. The second kappa shape index (κ2) is 5.92. The van der Waals surface area contributed by atoms with Gasteiger partial charge in [0.1, 0.15) is 11.6 Å². The van der Waals surface area contributed by atoms with Crippen LogP contribution in [0.4, 0.5) is 11.8 Å². The molecule has 0 saturated heterocycles. The Morgan fingerprint density at radius 2 is 1.92 bits per heavy atom. The first-order valence-corrected chi connectivity index (χ1v) is 7.36. The smallest absolute Gasteiger partial charge is 0.222 e. The summed E-state index contributed by atoms with van der Waals surface area (Å²) in [5, 5.41) is 11.0. The zero-order chi connectivity index (χ0) is 16.4. The van der Waals surface area contributed by atoms with Crippen LogP contribution in [0.15, 0.2) is 48.9 Å². The Balaban J connectivity index is 1.70. The summed E-state index contributed by atoms with van der Waals surface area (Å²) >= 11 is 0. The second-order valence-electron chi connectivity index (χ2n) is 5.15. The largest absolute Gasteiger partial charge is 0.368 e. The van der Waals surface area contributed by atoms with Crippen molar-refractivity contribution in [2.75, 3.05) is 11.1 Å². The number of nitrogens with one attached hydrogen (secondary N) is 2. The number of H-pyrrole nitrogens is 1. The van der Waals surface area contributed by atoms with Crippen molar-refractivity contribution in [2.45, 2.75) is 6.54 Å². The number of rotatable bonds is 4. The highest BCUT2D eigenvalue weighted by atomic mass is 15.1. The molecule has 0 fully saturated rings. The van der Waals surface area contributed by atoms with Crippen LogP contribution in [-0.4, -0.2) is 30.1 Å². The minimum atomic E-state index is 0.209. The predicted octanol–water partition coefficient (Wildman–Crippen LogP) is 2.00. The van der Waals surface area contributed by atoms with Crippen molar-refractivity contribution in [3.8, 4) is 11.3 Å². The molecule has 4 N–H and O–H groups in total. The van der Waals surface area contributed by atoms with Crippen LogP contribution in [0.25, 0.3) is 22.2 Å². The van der Waals surface area contributed by atoms with Crippen LogP contribution in [0.2, 0.25) is 0 Å². The molecule has 0 amide bonds. The number of hydrogen-bond acceptors (Lipinski definition) is 7. The van der Waals surface area contributed by atoms with Crippen LogP contribution in [0.5, 0.6) is 0 Å². The number of benzene rings is 1. The number of nitrogens with two attached hydrogens (primary N) is 1. The van der Waals surface area contributed by atoms with Crippen molar-refractivity contribution in [1.82, 2.24) is 30.1 Å². The molecule has 0 unspecified atom stereocenters. The van der Waals surface area contributed by atoms with Gasteiger partial charge in [-0.1, -0.05) is 6.07 Å². The first-order chi connectivity index (χ1) is 11.8. The van der Waals surface area contributed by atoms with Crippen molar-refractivity contribution in [3.05, 3.63) is 54.7 Å². The standard InChI is InChI=1S/C16H14N8/c17-16-22-13-8-10(12-4-7-21-24-12)2-3-11(13)15(23-16)20-9-14-18-5-1-6-19-14/h1-8H,9H2,(H,21,24)(H3,17,20,22,23). The molecular weight excluding hydrogens is 304 g/mol. The number of fused-ring (bicyclic) bond motifs is 1.